The van der Waals surface area contributed by atoms with Gasteiger partial charge in [0.2, 0.25) is 0 Å². The molecule has 15 rings (SSSR count). The molecule has 0 amide bonds. The van der Waals surface area contributed by atoms with Crippen molar-refractivity contribution in [3.8, 4) is 33.4 Å². The molecular weight excluding hydrogens is 1020 g/mol. The largest absolute Gasteiger partial charge is 0.454 e. The third-order valence-electron chi connectivity index (χ3n) is 16.8. The zero-order valence-corrected chi connectivity index (χ0v) is 45.9. The van der Waals surface area contributed by atoms with Crippen LogP contribution in [0.5, 0.6) is 0 Å². The summed E-state index contributed by atoms with van der Waals surface area (Å²) >= 11 is 0. The number of hydrogen-bond acceptors (Lipinski definition) is 4. The minimum atomic E-state index is -1.08. The Bertz CT molecular complexity index is 4740. The Morgan fingerprint density at radius 3 is 1.13 bits per heavy atom. The van der Waals surface area contributed by atoms with Crippen LogP contribution in [0.15, 0.2) is 282 Å². The minimum absolute atomic E-state index is 0.142. The molecule has 0 atom stereocenters. The molecule has 14 aromatic rings. The monoisotopic (exact) mass is 1080 g/mol. The van der Waals surface area contributed by atoms with Crippen LogP contribution in [-0.4, -0.2) is 0 Å². The Morgan fingerprint density at radius 1 is 0.349 bits per heavy atom. The van der Waals surface area contributed by atoms with Crippen LogP contribution >= 0.6 is 0 Å². The fourth-order valence-electron chi connectivity index (χ4n) is 13.0. The number of halogens is 2. The molecule has 4 nitrogen and oxygen atoms in total. The van der Waals surface area contributed by atoms with E-state index in [9.17, 15) is 0 Å². The van der Waals surface area contributed by atoms with Crippen molar-refractivity contribution in [1.82, 2.24) is 0 Å². The average Bonchev–Trinajstić information content (AvgIpc) is 1.60. The maximum atomic E-state index is 17.9. The molecule has 0 radical (unpaired) electrons. The van der Waals surface area contributed by atoms with E-state index in [0.29, 0.717) is 45.1 Å². The summed E-state index contributed by atoms with van der Waals surface area (Å²) in [5.74, 6) is -0.783. The van der Waals surface area contributed by atoms with Crippen molar-refractivity contribution in [2.75, 3.05) is 9.80 Å². The highest BCUT2D eigenvalue weighted by Gasteiger charge is 2.50. The summed E-state index contributed by atoms with van der Waals surface area (Å²) in [5.41, 5.74) is 15.3. The van der Waals surface area contributed by atoms with E-state index in [0.717, 1.165) is 94.1 Å². The predicted molar refractivity (Wildman–Crippen MR) is 337 cm³/mol. The van der Waals surface area contributed by atoms with Gasteiger partial charge in [0.25, 0.3) is 0 Å². The molecule has 0 fully saturated rings. The van der Waals surface area contributed by atoms with E-state index >= 15 is 8.78 Å². The highest BCUT2D eigenvalue weighted by atomic mass is 19.1. The van der Waals surface area contributed by atoms with Gasteiger partial charge in [0.15, 0.2) is 11.2 Å². The number of rotatable bonds is 10. The Labute approximate surface area is 480 Å². The smallest absolute Gasteiger partial charge is 0.160 e. The average molecular weight is 1080 g/mol. The lowest BCUT2D eigenvalue weighted by Crippen LogP contribution is -2.29. The lowest BCUT2D eigenvalue weighted by molar-refractivity contribution is 0.590. The van der Waals surface area contributed by atoms with E-state index in [2.05, 4.69) is 142 Å². The normalized spacial score (nSPS) is 12.7. The molecule has 2 heterocycles. The van der Waals surface area contributed by atoms with Gasteiger partial charge >= 0.3 is 0 Å². The van der Waals surface area contributed by atoms with Crippen molar-refractivity contribution in [1.29, 1.82) is 0 Å². The first-order valence-electron chi connectivity index (χ1n) is 28.2. The van der Waals surface area contributed by atoms with Crippen molar-refractivity contribution in [3.63, 3.8) is 0 Å². The summed E-state index contributed by atoms with van der Waals surface area (Å²) in [7, 11) is 0. The standard InChI is InChI=1S/C77H54F2N2O2/c1-76(2,3)53-39-41-57(42-40-53)81(65-44-38-52(46-63(65)79)50-25-11-5-12-26-50)67-48-61-73(71-59-34-20-22-36-69(59)83-75(67)71)72-60(77(61,54-27-13-6-14-28-54)55-29-15-7-16-30-55)47-66(74-70(72)58-33-19-21-35-68(58)82-74)80(56-31-17-8-18-32-56)64-43-37-51(45-62(64)78)49-23-9-4-10-24-49/h4-48H,1-3H3. The zero-order chi connectivity index (χ0) is 56.0. The van der Waals surface area contributed by atoms with Crippen LogP contribution in [0.2, 0.25) is 0 Å². The van der Waals surface area contributed by atoms with Crippen LogP contribution in [0, 0.1) is 11.6 Å². The summed E-state index contributed by atoms with van der Waals surface area (Å²) in [5, 5.41) is 3.56. The lowest BCUT2D eigenvalue weighted by Gasteiger charge is -2.36. The number of furan rings is 2. The molecule has 0 N–H and O–H groups in total. The van der Waals surface area contributed by atoms with E-state index in [1.54, 1.807) is 12.1 Å². The fraction of sp³-hybridized carbons (Fsp3) is 0.0649. The first-order chi connectivity index (χ1) is 40.6. The molecule has 12 aromatic carbocycles. The summed E-state index contributed by atoms with van der Waals surface area (Å²) < 4.78 is 50.2. The van der Waals surface area contributed by atoms with Crippen molar-refractivity contribution in [2.24, 2.45) is 0 Å². The van der Waals surface area contributed by atoms with Crippen LogP contribution in [0.3, 0.4) is 0 Å². The first-order valence-corrected chi connectivity index (χ1v) is 28.2. The number of benzene rings is 12. The van der Waals surface area contributed by atoms with Gasteiger partial charge in [0.1, 0.15) is 22.8 Å². The molecule has 1 aliphatic rings. The molecular formula is C77H54F2N2O2. The number of fused-ring (bicyclic) bond motifs is 11. The van der Waals surface area contributed by atoms with Crippen molar-refractivity contribution < 1.29 is 17.6 Å². The maximum Gasteiger partial charge on any atom is 0.160 e. The van der Waals surface area contributed by atoms with E-state index in [4.69, 9.17) is 8.83 Å². The van der Waals surface area contributed by atoms with Gasteiger partial charge in [-0.3, -0.25) is 0 Å². The molecule has 0 spiro atoms. The quantitative estimate of drug-likeness (QED) is 0.137. The highest BCUT2D eigenvalue weighted by molar-refractivity contribution is 6.27. The number of hydrogen-bond donors (Lipinski definition) is 0. The van der Waals surface area contributed by atoms with Gasteiger partial charge < -0.3 is 18.6 Å². The first kappa shape index (κ1) is 49.7. The van der Waals surface area contributed by atoms with E-state index in [1.165, 1.54) is 0 Å². The van der Waals surface area contributed by atoms with Crippen molar-refractivity contribution in [2.45, 2.75) is 31.6 Å². The molecule has 0 saturated heterocycles. The van der Waals surface area contributed by atoms with Crippen LogP contribution in [-0.2, 0) is 10.8 Å². The molecule has 6 heteroatoms. The Morgan fingerprint density at radius 2 is 0.723 bits per heavy atom. The molecule has 0 bridgehead atoms. The van der Waals surface area contributed by atoms with Gasteiger partial charge in [-0.1, -0.05) is 221 Å². The van der Waals surface area contributed by atoms with Crippen molar-refractivity contribution in [3.05, 3.63) is 312 Å². The second kappa shape index (κ2) is 19.5. The number of anilines is 6. The van der Waals surface area contributed by atoms with Gasteiger partial charge in [-0.2, -0.15) is 0 Å². The van der Waals surface area contributed by atoms with Crippen LogP contribution in [0.25, 0.3) is 77.3 Å². The third-order valence-corrected chi connectivity index (χ3v) is 16.8. The SMILES string of the molecule is CC(C)(C)c1ccc(N(c2ccc(-c3ccccc3)cc2F)c2cc3c(c4c2oc2ccccc24)-c2c(cc(N(c4ccccc4)c4ccc(-c5ccccc5)cc4F)c4oc5ccccc5c24)C3(c2ccccc2)c2ccccc2)cc1. The van der Waals surface area contributed by atoms with Gasteiger partial charge in [0, 0.05) is 32.9 Å². The van der Waals surface area contributed by atoms with Gasteiger partial charge in [0.05, 0.1) is 28.2 Å². The third kappa shape index (κ3) is 7.92. The second-order valence-corrected chi connectivity index (χ2v) is 22.6. The number of para-hydroxylation sites is 3. The maximum absolute atomic E-state index is 17.9. The summed E-state index contributed by atoms with van der Waals surface area (Å²) in [6.45, 7) is 6.61. The molecule has 83 heavy (non-hydrogen) atoms. The van der Waals surface area contributed by atoms with Gasteiger partial charge in [-0.25, -0.2) is 8.78 Å². The van der Waals surface area contributed by atoms with Crippen LogP contribution in [0.1, 0.15) is 48.6 Å². The van der Waals surface area contributed by atoms with Gasteiger partial charge in [-0.15, -0.1) is 0 Å². The summed E-state index contributed by atoms with van der Waals surface area (Å²) in [6, 6.07) is 91.6. The lowest BCUT2D eigenvalue weighted by atomic mass is 9.67. The zero-order valence-electron chi connectivity index (χ0n) is 45.9. The predicted octanol–water partition coefficient (Wildman–Crippen LogP) is 21.7. The van der Waals surface area contributed by atoms with Gasteiger partial charge in [-0.05, 0) is 139 Å². The second-order valence-electron chi connectivity index (χ2n) is 22.6. The molecule has 0 aliphatic heterocycles. The minimum Gasteiger partial charge on any atom is -0.454 e. The summed E-state index contributed by atoms with van der Waals surface area (Å²) in [4.78, 5) is 4.05. The molecule has 0 saturated carbocycles. The van der Waals surface area contributed by atoms with Crippen LogP contribution < -0.4 is 9.80 Å². The molecule has 398 valence electrons. The Hall–Kier alpha value is -10.3. The van der Waals surface area contributed by atoms with Crippen LogP contribution in [0.4, 0.5) is 42.9 Å². The number of nitrogens with zero attached hydrogens (tertiary/aromatic N) is 2. The van der Waals surface area contributed by atoms with E-state index in [1.807, 2.05) is 149 Å². The Balaban J connectivity index is 1.11. The van der Waals surface area contributed by atoms with E-state index in [-0.39, 0.29) is 5.41 Å². The molecule has 2 aromatic heterocycles. The summed E-state index contributed by atoms with van der Waals surface area (Å²) in [6.07, 6.45) is 0. The van der Waals surface area contributed by atoms with E-state index < -0.39 is 17.0 Å². The highest BCUT2D eigenvalue weighted by Crippen LogP contribution is 2.65. The van der Waals surface area contributed by atoms with Crippen molar-refractivity contribution >= 4 is 78.0 Å². The topological polar surface area (TPSA) is 32.8 Å². The molecule has 1 aliphatic carbocycles. The fourth-order valence-corrected chi connectivity index (χ4v) is 13.0. The molecule has 0 unspecified atom stereocenters. The Kier molecular flexibility index (Phi) is 11.7.